The molecule has 0 radical (unpaired) electrons. The third-order valence-corrected chi connectivity index (χ3v) is 2.90. The largest absolute Gasteiger partial charge is 0.484 e. The standard InChI is InChI=1S/C10H7NO6S/c12-10(13)9-7(3-4-18-9)16-5-6-1-2-8(17-6)11(14)15/h1-4H,5H2,(H,12,13). The Morgan fingerprint density at radius 3 is 2.89 bits per heavy atom. The quantitative estimate of drug-likeness (QED) is 0.660. The van der Waals surface area contributed by atoms with Crippen molar-refractivity contribution in [3.63, 3.8) is 0 Å². The smallest absolute Gasteiger partial charge is 0.433 e. The van der Waals surface area contributed by atoms with Gasteiger partial charge in [0.2, 0.25) is 0 Å². The van der Waals surface area contributed by atoms with E-state index in [0.29, 0.717) is 0 Å². The van der Waals surface area contributed by atoms with Gasteiger partial charge in [-0.15, -0.1) is 11.3 Å². The molecule has 7 nitrogen and oxygen atoms in total. The Hall–Kier alpha value is -2.35. The lowest BCUT2D eigenvalue weighted by Gasteiger charge is -2.02. The van der Waals surface area contributed by atoms with E-state index in [4.69, 9.17) is 14.3 Å². The van der Waals surface area contributed by atoms with Crippen LogP contribution in [-0.4, -0.2) is 16.0 Å². The molecule has 0 saturated carbocycles. The van der Waals surface area contributed by atoms with E-state index in [1.165, 1.54) is 18.2 Å². The SMILES string of the molecule is O=C(O)c1sccc1OCc1ccc([N+](=O)[O-])o1. The van der Waals surface area contributed by atoms with Crippen molar-refractivity contribution in [3.8, 4) is 5.75 Å². The van der Waals surface area contributed by atoms with E-state index >= 15 is 0 Å². The molecule has 0 fully saturated rings. The molecular formula is C10H7NO6S. The molecule has 94 valence electrons. The molecule has 0 aliphatic heterocycles. The predicted molar refractivity (Wildman–Crippen MR) is 61.0 cm³/mol. The maximum absolute atomic E-state index is 10.8. The minimum Gasteiger partial charge on any atom is -0.484 e. The Kier molecular flexibility index (Phi) is 3.28. The van der Waals surface area contributed by atoms with Gasteiger partial charge in [0.15, 0.2) is 4.88 Å². The van der Waals surface area contributed by atoms with Crippen LogP contribution in [-0.2, 0) is 6.61 Å². The number of rotatable bonds is 5. The van der Waals surface area contributed by atoms with Crippen LogP contribution in [0.1, 0.15) is 15.4 Å². The molecule has 0 saturated heterocycles. The third-order valence-electron chi connectivity index (χ3n) is 2.02. The van der Waals surface area contributed by atoms with E-state index in [0.717, 1.165) is 11.3 Å². The van der Waals surface area contributed by atoms with Crippen molar-refractivity contribution in [1.82, 2.24) is 0 Å². The fraction of sp³-hybridized carbons (Fsp3) is 0.100. The molecular weight excluding hydrogens is 262 g/mol. The maximum atomic E-state index is 10.8. The van der Waals surface area contributed by atoms with Crippen molar-refractivity contribution < 1.29 is 24.0 Å². The van der Waals surface area contributed by atoms with E-state index in [2.05, 4.69) is 0 Å². The molecule has 0 aromatic carbocycles. The highest BCUT2D eigenvalue weighted by molar-refractivity contribution is 7.12. The van der Waals surface area contributed by atoms with Crippen LogP contribution in [0.3, 0.4) is 0 Å². The molecule has 0 atom stereocenters. The topological polar surface area (TPSA) is 103 Å². The minimum atomic E-state index is -1.08. The summed E-state index contributed by atoms with van der Waals surface area (Å²) in [6, 6.07) is 4.14. The van der Waals surface area contributed by atoms with Crippen molar-refractivity contribution in [2.75, 3.05) is 0 Å². The van der Waals surface area contributed by atoms with Crippen molar-refractivity contribution in [2.45, 2.75) is 6.61 Å². The van der Waals surface area contributed by atoms with Crippen LogP contribution >= 0.6 is 11.3 Å². The second-order valence-corrected chi connectivity index (χ2v) is 4.12. The Morgan fingerprint density at radius 1 is 1.50 bits per heavy atom. The zero-order valence-corrected chi connectivity index (χ0v) is 9.68. The Labute approximate surface area is 104 Å². The van der Waals surface area contributed by atoms with Gasteiger partial charge in [-0.1, -0.05) is 0 Å². The van der Waals surface area contributed by atoms with E-state index in [1.54, 1.807) is 5.38 Å². The second kappa shape index (κ2) is 4.88. The molecule has 2 heterocycles. The number of ether oxygens (including phenoxy) is 1. The molecule has 0 spiro atoms. The molecule has 2 rings (SSSR count). The first kappa shape index (κ1) is 12.1. The van der Waals surface area contributed by atoms with Crippen LogP contribution in [0, 0.1) is 10.1 Å². The fourth-order valence-corrected chi connectivity index (χ4v) is 1.93. The second-order valence-electron chi connectivity index (χ2n) is 3.20. The van der Waals surface area contributed by atoms with Crippen molar-refractivity contribution >= 4 is 23.2 Å². The number of aromatic carboxylic acids is 1. The summed E-state index contributed by atoms with van der Waals surface area (Å²) in [5.74, 6) is -0.987. The fourth-order valence-electron chi connectivity index (χ4n) is 1.26. The third kappa shape index (κ3) is 2.48. The van der Waals surface area contributed by atoms with Gasteiger partial charge in [-0.05, 0) is 17.5 Å². The van der Waals surface area contributed by atoms with Gasteiger partial charge in [0.05, 0.1) is 6.07 Å². The first-order valence-corrected chi connectivity index (χ1v) is 5.62. The maximum Gasteiger partial charge on any atom is 0.433 e. The highest BCUT2D eigenvalue weighted by atomic mass is 32.1. The summed E-state index contributed by atoms with van der Waals surface area (Å²) in [5, 5.41) is 20.8. The molecule has 18 heavy (non-hydrogen) atoms. The highest BCUT2D eigenvalue weighted by Gasteiger charge is 2.15. The van der Waals surface area contributed by atoms with Gasteiger partial charge in [-0.2, -0.15) is 0 Å². The van der Waals surface area contributed by atoms with Crippen LogP contribution < -0.4 is 4.74 Å². The van der Waals surface area contributed by atoms with Gasteiger partial charge in [0.25, 0.3) is 0 Å². The van der Waals surface area contributed by atoms with E-state index in [-0.39, 0.29) is 28.9 Å². The number of furan rings is 1. The lowest BCUT2D eigenvalue weighted by Crippen LogP contribution is -1.99. The number of carboxylic acid groups (broad SMARTS) is 1. The van der Waals surface area contributed by atoms with Crippen molar-refractivity contribution in [2.24, 2.45) is 0 Å². The van der Waals surface area contributed by atoms with E-state index < -0.39 is 10.9 Å². The zero-order chi connectivity index (χ0) is 13.1. The number of hydrogen-bond acceptors (Lipinski definition) is 6. The van der Waals surface area contributed by atoms with Crippen molar-refractivity contribution in [1.29, 1.82) is 0 Å². The summed E-state index contributed by atoms with van der Waals surface area (Å²) >= 11 is 1.04. The van der Waals surface area contributed by atoms with Crippen LogP contribution in [0.4, 0.5) is 5.88 Å². The number of thiophene rings is 1. The first-order chi connectivity index (χ1) is 8.58. The molecule has 2 aromatic heterocycles. The molecule has 0 aliphatic rings. The van der Waals surface area contributed by atoms with Gasteiger partial charge < -0.3 is 14.3 Å². The summed E-state index contributed by atoms with van der Waals surface area (Å²) in [7, 11) is 0. The van der Waals surface area contributed by atoms with Gasteiger partial charge in [-0.3, -0.25) is 10.1 Å². The average molecular weight is 269 g/mol. The van der Waals surface area contributed by atoms with Crippen LogP contribution in [0.25, 0.3) is 0 Å². The molecule has 0 unspecified atom stereocenters. The van der Waals surface area contributed by atoms with Gasteiger partial charge in [0.1, 0.15) is 23.0 Å². The summed E-state index contributed by atoms with van der Waals surface area (Å²) in [6.07, 6.45) is 0. The molecule has 0 bridgehead atoms. The number of nitrogens with zero attached hydrogens (tertiary/aromatic N) is 1. The average Bonchev–Trinajstić information content (AvgIpc) is 2.95. The summed E-state index contributed by atoms with van der Waals surface area (Å²) in [5.41, 5.74) is 0. The highest BCUT2D eigenvalue weighted by Crippen LogP contribution is 2.26. The summed E-state index contributed by atoms with van der Waals surface area (Å²) in [6.45, 7) is -0.0646. The number of nitro groups is 1. The van der Waals surface area contributed by atoms with Gasteiger partial charge in [0, 0.05) is 0 Å². The normalized spacial score (nSPS) is 10.2. The monoisotopic (exact) mass is 269 g/mol. The molecule has 8 heteroatoms. The van der Waals surface area contributed by atoms with E-state index in [9.17, 15) is 14.9 Å². The minimum absolute atomic E-state index is 0.0646. The van der Waals surface area contributed by atoms with Crippen LogP contribution in [0.15, 0.2) is 28.0 Å². The Morgan fingerprint density at radius 2 is 2.28 bits per heavy atom. The Bertz CT molecular complexity index is 587. The number of carbonyl (C=O) groups is 1. The lowest BCUT2D eigenvalue weighted by molar-refractivity contribution is -0.402. The first-order valence-electron chi connectivity index (χ1n) is 4.74. The molecule has 1 N–H and O–H groups in total. The predicted octanol–water partition coefficient (Wildman–Crippen LogP) is 2.53. The van der Waals surface area contributed by atoms with Gasteiger partial charge >= 0.3 is 11.9 Å². The molecule has 0 aliphatic carbocycles. The number of carboxylic acids is 1. The van der Waals surface area contributed by atoms with Crippen LogP contribution in [0.2, 0.25) is 0 Å². The van der Waals surface area contributed by atoms with Crippen LogP contribution in [0.5, 0.6) is 5.75 Å². The van der Waals surface area contributed by atoms with Crippen molar-refractivity contribution in [3.05, 3.63) is 44.3 Å². The molecule has 2 aromatic rings. The summed E-state index contributed by atoms with van der Waals surface area (Å²) < 4.78 is 10.1. The Balaban J connectivity index is 2.04. The van der Waals surface area contributed by atoms with E-state index in [1.807, 2.05) is 0 Å². The lowest BCUT2D eigenvalue weighted by atomic mass is 10.4. The summed E-state index contributed by atoms with van der Waals surface area (Å²) in [4.78, 5) is 20.6. The van der Waals surface area contributed by atoms with Gasteiger partial charge in [-0.25, -0.2) is 4.79 Å². The molecule has 0 amide bonds. The zero-order valence-electron chi connectivity index (χ0n) is 8.86. The number of hydrogen-bond donors (Lipinski definition) is 1.